The smallest absolute Gasteiger partial charge is 0.306 e. The lowest BCUT2D eigenvalue weighted by Crippen LogP contribution is -1.99. The van der Waals surface area contributed by atoms with Gasteiger partial charge in [0.05, 0.1) is 13.5 Å². The summed E-state index contributed by atoms with van der Waals surface area (Å²) in [6.07, 6.45) is -2.66. The van der Waals surface area contributed by atoms with E-state index in [2.05, 4.69) is 20.7 Å². The Labute approximate surface area is 56.6 Å². The molecule has 0 aromatic heterocycles. The molecule has 0 aliphatic rings. The second kappa shape index (κ2) is 4.12. The summed E-state index contributed by atoms with van der Waals surface area (Å²) in [6, 6.07) is 0. The van der Waals surface area contributed by atoms with Crippen LogP contribution in [0.15, 0.2) is 0 Å². The fourth-order valence-electron chi connectivity index (χ4n) is 0.0896. The molecule has 42 valence electrons. The standard InChI is InChI=1S/C4H7BrO2/c1-7-4(6)2-3-5/h2-3H2,1H3/i2D2,3D2. The SMILES string of the molecule is [2H]C([2H])(Br)C([2H])([2H])C(=O)OC. The predicted molar refractivity (Wildman–Crippen MR) is 30.4 cm³/mol. The molecule has 0 bridgehead atoms. The van der Waals surface area contributed by atoms with Crippen LogP contribution in [-0.2, 0) is 9.53 Å². The molecule has 0 spiro atoms. The molecule has 0 amide bonds. The van der Waals surface area contributed by atoms with Gasteiger partial charge in [0.1, 0.15) is 0 Å². The maximum atomic E-state index is 10.6. The monoisotopic (exact) mass is 170 g/mol. The molecule has 0 rings (SSSR count). The molecule has 0 aliphatic heterocycles. The number of hydrogen-bond donors (Lipinski definition) is 0. The third-order valence-corrected chi connectivity index (χ3v) is 0.533. The third-order valence-electron chi connectivity index (χ3n) is 0.335. The first-order valence-electron chi connectivity index (χ1n) is 3.51. The van der Waals surface area contributed by atoms with Crippen molar-refractivity contribution < 1.29 is 15.0 Å². The number of carbonyl (C=O) groups excluding carboxylic acids is 1. The average molecular weight is 171 g/mol. The Hall–Kier alpha value is -0.0500. The summed E-state index contributed by atoms with van der Waals surface area (Å²) >= 11 is 2.40. The van der Waals surface area contributed by atoms with Gasteiger partial charge < -0.3 is 4.74 Å². The van der Waals surface area contributed by atoms with Crippen LogP contribution in [0.5, 0.6) is 0 Å². The first kappa shape index (κ1) is 2.49. The summed E-state index contributed by atoms with van der Waals surface area (Å²) in [7, 11) is 0.999. The summed E-state index contributed by atoms with van der Waals surface area (Å²) in [5, 5.41) is -2.41. The lowest BCUT2D eigenvalue weighted by atomic mass is 10.5. The zero-order valence-corrected chi connectivity index (χ0v) is 5.28. The molecule has 0 atom stereocenters. The lowest BCUT2D eigenvalue weighted by molar-refractivity contribution is -0.140. The molecule has 0 unspecified atom stereocenters. The maximum Gasteiger partial charge on any atom is 0.306 e. The van der Waals surface area contributed by atoms with E-state index in [1.807, 2.05) is 0 Å². The molecule has 7 heavy (non-hydrogen) atoms. The molecular formula is C4H7BrO2. The van der Waals surface area contributed by atoms with Gasteiger partial charge >= 0.3 is 5.97 Å². The van der Waals surface area contributed by atoms with Gasteiger partial charge in [-0.2, -0.15) is 0 Å². The minimum absolute atomic E-state index is 0.999. The molecule has 0 heterocycles. The molecule has 0 aromatic rings. The Kier molecular flexibility index (Phi) is 1.46. The van der Waals surface area contributed by atoms with Crippen molar-refractivity contribution in [2.24, 2.45) is 0 Å². The van der Waals surface area contributed by atoms with Gasteiger partial charge in [0.25, 0.3) is 0 Å². The van der Waals surface area contributed by atoms with Gasteiger partial charge in [-0.3, -0.25) is 4.79 Å². The Bertz CT molecular complexity index is 164. The van der Waals surface area contributed by atoms with Crippen molar-refractivity contribution in [1.29, 1.82) is 0 Å². The summed E-state index contributed by atoms with van der Waals surface area (Å²) in [5.41, 5.74) is 0. The zero-order valence-electron chi connectivity index (χ0n) is 7.69. The fourth-order valence-corrected chi connectivity index (χ4v) is 0.251. The number of hydrogen-bond acceptors (Lipinski definition) is 2. The first-order valence-corrected chi connectivity index (χ1v) is 2.30. The van der Waals surface area contributed by atoms with Crippen LogP contribution in [0.25, 0.3) is 0 Å². The van der Waals surface area contributed by atoms with Gasteiger partial charge in [-0.15, -0.1) is 0 Å². The Morgan fingerprint density at radius 3 is 2.86 bits per heavy atom. The number of esters is 1. The Balaban J connectivity index is 4.59. The molecule has 0 radical (unpaired) electrons. The Morgan fingerprint density at radius 2 is 2.71 bits per heavy atom. The maximum absolute atomic E-state index is 10.6. The van der Waals surface area contributed by atoms with E-state index >= 15 is 0 Å². The molecule has 0 aliphatic carbocycles. The molecule has 3 heteroatoms. The van der Waals surface area contributed by atoms with Crippen molar-refractivity contribution in [2.45, 2.75) is 6.37 Å². The van der Waals surface area contributed by atoms with Crippen molar-refractivity contribution in [3.8, 4) is 0 Å². The molecule has 0 saturated carbocycles. The van der Waals surface area contributed by atoms with Crippen molar-refractivity contribution in [2.75, 3.05) is 12.4 Å². The van der Waals surface area contributed by atoms with Crippen LogP contribution in [0.2, 0.25) is 0 Å². The predicted octanol–water partition coefficient (Wildman–Crippen LogP) is 0.944. The first-order chi connectivity index (χ1) is 4.73. The third kappa shape index (κ3) is 3.79. The van der Waals surface area contributed by atoms with Crippen molar-refractivity contribution in [1.82, 2.24) is 0 Å². The summed E-state index contributed by atoms with van der Waals surface area (Å²) in [6.45, 7) is 0. The van der Waals surface area contributed by atoms with E-state index in [4.69, 9.17) is 5.48 Å². The topological polar surface area (TPSA) is 26.3 Å². The van der Waals surface area contributed by atoms with Crippen LogP contribution in [0, 0.1) is 0 Å². The van der Waals surface area contributed by atoms with Crippen molar-refractivity contribution >= 4 is 21.9 Å². The van der Waals surface area contributed by atoms with Crippen LogP contribution in [0.3, 0.4) is 0 Å². The van der Waals surface area contributed by atoms with E-state index in [-0.39, 0.29) is 0 Å². The molecule has 0 aromatic carbocycles. The number of alkyl halides is 1. The summed E-state index contributed by atoms with van der Waals surface area (Å²) in [5.74, 6) is -1.24. The largest absolute Gasteiger partial charge is 0.469 e. The highest BCUT2D eigenvalue weighted by Crippen LogP contribution is 1.88. The highest BCUT2D eigenvalue weighted by atomic mass is 79.9. The number of rotatable bonds is 2. The highest BCUT2D eigenvalue weighted by molar-refractivity contribution is 9.09. The fraction of sp³-hybridized carbons (Fsp3) is 0.750. The van der Waals surface area contributed by atoms with E-state index in [0.717, 1.165) is 7.11 Å². The van der Waals surface area contributed by atoms with E-state index < -0.39 is 17.6 Å². The molecule has 2 nitrogen and oxygen atoms in total. The van der Waals surface area contributed by atoms with E-state index in [1.165, 1.54) is 0 Å². The molecule has 0 fully saturated rings. The van der Waals surface area contributed by atoms with Gasteiger partial charge in [0.15, 0.2) is 0 Å². The highest BCUT2D eigenvalue weighted by Gasteiger charge is 1.93. The number of carbonyl (C=O) groups is 1. The Morgan fingerprint density at radius 1 is 2.14 bits per heavy atom. The van der Waals surface area contributed by atoms with Crippen molar-refractivity contribution in [3.05, 3.63) is 0 Å². The van der Waals surface area contributed by atoms with Crippen molar-refractivity contribution in [3.63, 3.8) is 0 Å². The van der Waals surface area contributed by atoms with Gasteiger partial charge in [-0.1, -0.05) is 15.9 Å². The van der Waals surface area contributed by atoms with Crippen LogP contribution < -0.4 is 0 Å². The quantitative estimate of drug-likeness (QED) is 0.456. The lowest BCUT2D eigenvalue weighted by Gasteiger charge is -1.90. The number of ether oxygens (including phenoxy) is 1. The summed E-state index contributed by atoms with van der Waals surface area (Å²) in [4.78, 5) is 10.6. The second-order valence-corrected chi connectivity index (χ2v) is 1.11. The minimum Gasteiger partial charge on any atom is -0.469 e. The molecule has 0 saturated heterocycles. The average Bonchev–Trinajstić information content (AvgIpc) is 1.83. The van der Waals surface area contributed by atoms with Gasteiger partial charge in [-0.05, 0) is 0 Å². The van der Waals surface area contributed by atoms with E-state index in [0.29, 0.717) is 0 Å². The molecule has 0 N–H and O–H groups in total. The summed E-state index contributed by atoms with van der Waals surface area (Å²) < 4.78 is 31.7. The minimum atomic E-state index is -2.66. The van der Waals surface area contributed by atoms with Gasteiger partial charge in [-0.25, -0.2) is 0 Å². The van der Waals surface area contributed by atoms with Crippen LogP contribution >= 0.6 is 15.9 Å². The molecular weight excluding hydrogens is 160 g/mol. The van der Waals surface area contributed by atoms with Gasteiger partial charge in [0.2, 0.25) is 0 Å². The zero-order chi connectivity index (χ0) is 9.28. The van der Waals surface area contributed by atoms with Crippen LogP contribution in [0.4, 0.5) is 0 Å². The normalized spacial score (nSPS) is 20.9. The second-order valence-electron chi connectivity index (χ2n) is 0.711. The van der Waals surface area contributed by atoms with Gasteiger partial charge in [0, 0.05) is 10.8 Å². The van der Waals surface area contributed by atoms with Crippen LogP contribution in [-0.4, -0.2) is 18.4 Å². The number of methoxy groups -OCH3 is 1. The number of halogens is 1. The van der Waals surface area contributed by atoms with Crippen LogP contribution in [0.1, 0.15) is 11.9 Å². The van der Waals surface area contributed by atoms with E-state index in [1.54, 1.807) is 0 Å². The van der Waals surface area contributed by atoms with E-state index in [9.17, 15) is 4.79 Å².